The zero-order valence-electron chi connectivity index (χ0n) is 18.9. The lowest BCUT2D eigenvalue weighted by Gasteiger charge is -2.14. The SMILES string of the molecule is CCOc1cc(/C=N\NC(=O)c2cc3cc([N+](=O)[O-])ccc3s2)cc(Cl)c1OCc1ccc(Br)cc1. The lowest BCUT2D eigenvalue weighted by Crippen LogP contribution is -2.16. The summed E-state index contributed by atoms with van der Waals surface area (Å²) in [5.41, 5.74) is 4.02. The normalized spacial score (nSPS) is 11.1. The molecule has 3 aromatic carbocycles. The Balaban J connectivity index is 1.46. The predicted molar refractivity (Wildman–Crippen MR) is 145 cm³/mol. The van der Waals surface area contributed by atoms with Gasteiger partial charge in [-0.3, -0.25) is 14.9 Å². The molecule has 0 atom stereocenters. The molecule has 1 heterocycles. The van der Waals surface area contributed by atoms with E-state index < -0.39 is 10.8 Å². The third-order valence-corrected chi connectivity index (χ3v) is 6.87. The maximum Gasteiger partial charge on any atom is 0.281 e. The van der Waals surface area contributed by atoms with Crippen molar-refractivity contribution < 1.29 is 19.2 Å². The molecule has 1 aromatic heterocycles. The summed E-state index contributed by atoms with van der Waals surface area (Å²) in [5.74, 6) is 0.448. The molecule has 0 radical (unpaired) electrons. The molecule has 4 rings (SSSR count). The van der Waals surface area contributed by atoms with Crippen molar-refractivity contribution in [3.05, 3.63) is 96.3 Å². The molecule has 1 amide bonds. The van der Waals surface area contributed by atoms with Crippen LogP contribution in [0.1, 0.15) is 27.7 Å². The Kier molecular flexibility index (Phi) is 8.19. The van der Waals surface area contributed by atoms with E-state index in [-0.39, 0.29) is 5.69 Å². The van der Waals surface area contributed by atoms with E-state index in [1.165, 1.54) is 29.7 Å². The van der Waals surface area contributed by atoms with Crippen molar-refractivity contribution in [1.29, 1.82) is 0 Å². The number of nitro benzene ring substituents is 1. The number of halogens is 2. The van der Waals surface area contributed by atoms with Gasteiger partial charge in [-0.25, -0.2) is 5.43 Å². The van der Waals surface area contributed by atoms with E-state index in [1.54, 1.807) is 24.3 Å². The maximum absolute atomic E-state index is 12.5. The Labute approximate surface area is 223 Å². The van der Waals surface area contributed by atoms with E-state index in [4.69, 9.17) is 21.1 Å². The van der Waals surface area contributed by atoms with Gasteiger partial charge in [0.15, 0.2) is 11.5 Å². The lowest BCUT2D eigenvalue weighted by molar-refractivity contribution is -0.384. The van der Waals surface area contributed by atoms with Crippen LogP contribution in [-0.4, -0.2) is 23.7 Å². The third-order valence-electron chi connectivity index (χ3n) is 4.94. The minimum absolute atomic E-state index is 0.0310. The highest BCUT2D eigenvalue weighted by molar-refractivity contribution is 9.10. The van der Waals surface area contributed by atoms with Gasteiger partial charge in [-0.05, 0) is 54.4 Å². The Morgan fingerprint density at radius 3 is 2.67 bits per heavy atom. The number of nitro groups is 1. The molecule has 8 nitrogen and oxygen atoms in total. The van der Waals surface area contributed by atoms with Crippen LogP contribution >= 0.6 is 38.9 Å². The second-order valence-corrected chi connectivity index (χ2v) is 9.87. The van der Waals surface area contributed by atoms with E-state index in [1.807, 2.05) is 31.2 Å². The zero-order valence-corrected chi connectivity index (χ0v) is 22.0. The zero-order chi connectivity index (χ0) is 25.7. The predicted octanol–water partition coefficient (Wildman–Crippen LogP) is 6.97. The smallest absolute Gasteiger partial charge is 0.281 e. The van der Waals surface area contributed by atoms with Gasteiger partial charge < -0.3 is 9.47 Å². The van der Waals surface area contributed by atoms with Gasteiger partial charge in [0.1, 0.15) is 6.61 Å². The molecule has 0 saturated carbocycles. The maximum atomic E-state index is 12.5. The quantitative estimate of drug-likeness (QED) is 0.129. The molecular weight excluding hydrogens is 570 g/mol. The summed E-state index contributed by atoms with van der Waals surface area (Å²) < 4.78 is 13.4. The van der Waals surface area contributed by atoms with Gasteiger partial charge in [-0.2, -0.15) is 5.10 Å². The van der Waals surface area contributed by atoms with Gasteiger partial charge in [-0.1, -0.05) is 39.7 Å². The van der Waals surface area contributed by atoms with Crippen LogP contribution in [0.4, 0.5) is 5.69 Å². The van der Waals surface area contributed by atoms with Crippen molar-refractivity contribution in [2.75, 3.05) is 6.61 Å². The molecule has 11 heteroatoms. The van der Waals surface area contributed by atoms with E-state index in [9.17, 15) is 14.9 Å². The molecular formula is C25H19BrClN3O5S. The van der Waals surface area contributed by atoms with Crippen molar-refractivity contribution in [1.82, 2.24) is 5.43 Å². The number of hydrogen-bond donors (Lipinski definition) is 1. The van der Waals surface area contributed by atoms with Crippen LogP contribution in [0.2, 0.25) is 5.02 Å². The molecule has 0 unspecified atom stereocenters. The van der Waals surface area contributed by atoms with Crippen molar-refractivity contribution in [3.8, 4) is 11.5 Å². The fraction of sp³-hybridized carbons (Fsp3) is 0.120. The van der Waals surface area contributed by atoms with Gasteiger partial charge in [0.25, 0.3) is 11.6 Å². The molecule has 4 aromatic rings. The summed E-state index contributed by atoms with van der Waals surface area (Å²) in [6.07, 6.45) is 1.45. The summed E-state index contributed by atoms with van der Waals surface area (Å²) in [6, 6.07) is 17.2. The molecule has 36 heavy (non-hydrogen) atoms. The summed E-state index contributed by atoms with van der Waals surface area (Å²) >= 11 is 11.1. The number of hydrogen-bond acceptors (Lipinski definition) is 7. The standard InChI is InChI=1S/C25H19BrClN3O5S/c1-2-34-21-10-16(9-20(27)24(21)35-14-15-3-5-18(26)6-4-15)13-28-29-25(31)23-12-17-11-19(30(32)33)7-8-22(17)36-23/h3-13H,2,14H2,1H3,(H,29,31)/b28-13-. The summed E-state index contributed by atoms with van der Waals surface area (Å²) in [6.45, 7) is 2.58. The Morgan fingerprint density at radius 2 is 1.94 bits per heavy atom. The number of benzene rings is 3. The van der Waals surface area contributed by atoms with E-state index in [0.29, 0.717) is 45.6 Å². The van der Waals surface area contributed by atoms with Gasteiger partial charge in [0.2, 0.25) is 0 Å². The first-order valence-electron chi connectivity index (χ1n) is 10.7. The number of hydrazone groups is 1. The van der Waals surface area contributed by atoms with Crippen LogP contribution in [0.3, 0.4) is 0 Å². The van der Waals surface area contributed by atoms with Crippen molar-refractivity contribution >= 4 is 66.8 Å². The molecule has 1 N–H and O–H groups in total. The molecule has 184 valence electrons. The van der Waals surface area contributed by atoms with Crippen LogP contribution in [0.15, 0.2) is 70.2 Å². The van der Waals surface area contributed by atoms with Crippen LogP contribution in [-0.2, 0) is 6.61 Å². The third kappa shape index (κ3) is 6.20. The van der Waals surface area contributed by atoms with Crippen molar-refractivity contribution in [2.24, 2.45) is 5.10 Å². The first-order valence-corrected chi connectivity index (χ1v) is 12.7. The van der Waals surface area contributed by atoms with Crippen LogP contribution in [0.5, 0.6) is 11.5 Å². The Hall–Kier alpha value is -3.47. The largest absolute Gasteiger partial charge is 0.490 e. The number of amides is 1. The number of thiophene rings is 1. The molecule has 0 aliphatic heterocycles. The molecule has 0 bridgehead atoms. The fourth-order valence-electron chi connectivity index (χ4n) is 3.28. The summed E-state index contributed by atoms with van der Waals surface area (Å²) in [5, 5.41) is 16.0. The van der Waals surface area contributed by atoms with Crippen LogP contribution in [0, 0.1) is 10.1 Å². The summed E-state index contributed by atoms with van der Waals surface area (Å²) in [7, 11) is 0. The molecule has 0 fully saturated rings. The molecule has 0 aliphatic rings. The van der Waals surface area contributed by atoms with Crippen molar-refractivity contribution in [3.63, 3.8) is 0 Å². The van der Waals surface area contributed by atoms with Gasteiger partial charge in [0, 0.05) is 26.7 Å². The van der Waals surface area contributed by atoms with Gasteiger partial charge >= 0.3 is 0 Å². The number of non-ortho nitro benzene ring substituents is 1. The molecule has 0 aliphatic carbocycles. The average molecular weight is 589 g/mol. The minimum atomic E-state index is -0.472. The minimum Gasteiger partial charge on any atom is -0.490 e. The number of rotatable bonds is 9. The number of nitrogens with one attached hydrogen (secondary N) is 1. The highest BCUT2D eigenvalue weighted by Crippen LogP contribution is 2.37. The summed E-state index contributed by atoms with van der Waals surface area (Å²) in [4.78, 5) is 23.4. The average Bonchev–Trinajstić information content (AvgIpc) is 3.28. The fourth-order valence-corrected chi connectivity index (χ4v) is 4.75. The lowest BCUT2D eigenvalue weighted by atomic mass is 10.2. The van der Waals surface area contributed by atoms with Gasteiger partial charge in [0.05, 0.1) is 27.6 Å². The Morgan fingerprint density at radius 1 is 1.17 bits per heavy atom. The number of nitrogens with zero attached hydrogens (tertiary/aromatic N) is 2. The number of fused-ring (bicyclic) bond motifs is 1. The first-order chi connectivity index (χ1) is 17.3. The number of carbonyl (C=O) groups is 1. The topological polar surface area (TPSA) is 103 Å². The van der Waals surface area contributed by atoms with E-state index in [2.05, 4.69) is 26.5 Å². The van der Waals surface area contributed by atoms with Gasteiger partial charge in [-0.15, -0.1) is 11.3 Å². The van der Waals surface area contributed by atoms with Crippen LogP contribution < -0.4 is 14.9 Å². The number of ether oxygens (including phenoxy) is 2. The highest BCUT2D eigenvalue weighted by atomic mass is 79.9. The van der Waals surface area contributed by atoms with Crippen LogP contribution in [0.25, 0.3) is 10.1 Å². The molecule has 0 spiro atoms. The number of carbonyl (C=O) groups excluding carboxylic acids is 1. The second kappa shape index (κ2) is 11.5. The van der Waals surface area contributed by atoms with E-state index in [0.717, 1.165) is 14.7 Å². The first kappa shape index (κ1) is 25.6. The Bertz CT molecular complexity index is 1460. The molecule has 0 saturated heterocycles. The second-order valence-electron chi connectivity index (χ2n) is 7.47. The monoisotopic (exact) mass is 587 g/mol. The highest BCUT2D eigenvalue weighted by Gasteiger charge is 2.14. The van der Waals surface area contributed by atoms with E-state index >= 15 is 0 Å². The van der Waals surface area contributed by atoms with Crippen molar-refractivity contribution in [2.45, 2.75) is 13.5 Å².